The maximum absolute atomic E-state index is 5.77. The summed E-state index contributed by atoms with van der Waals surface area (Å²) < 4.78 is 5.77. The number of fused-ring (bicyclic) bond motifs is 1. The van der Waals surface area contributed by atoms with Crippen molar-refractivity contribution in [1.29, 1.82) is 0 Å². The van der Waals surface area contributed by atoms with E-state index in [0.29, 0.717) is 6.04 Å². The van der Waals surface area contributed by atoms with Gasteiger partial charge in [0.2, 0.25) is 0 Å². The molecule has 1 heterocycles. The third-order valence-electron chi connectivity index (χ3n) is 4.40. The number of anilines is 1. The van der Waals surface area contributed by atoms with Crippen molar-refractivity contribution < 1.29 is 4.74 Å². The number of nitrogens with one attached hydrogen (secondary N) is 1. The Kier molecular flexibility index (Phi) is 3.73. The van der Waals surface area contributed by atoms with Gasteiger partial charge in [0.1, 0.15) is 0 Å². The second kappa shape index (κ2) is 5.53. The fraction of sp³-hybridized carbons (Fsp3) is 0.368. The molecule has 21 heavy (non-hydrogen) atoms. The van der Waals surface area contributed by atoms with Crippen LogP contribution in [0.25, 0.3) is 0 Å². The average Bonchev–Trinajstić information content (AvgIpc) is 2.46. The van der Waals surface area contributed by atoms with E-state index in [2.05, 4.69) is 62.5 Å². The Morgan fingerprint density at radius 2 is 1.71 bits per heavy atom. The molecule has 0 bridgehead atoms. The molecule has 0 unspecified atom stereocenters. The molecule has 2 aromatic carbocycles. The molecule has 0 spiro atoms. The van der Waals surface area contributed by atoms with Crippen LogP contribution in [0.15, 0.2) is 36.4 Å². The molecule has 1 aliphatic rings. The summed E-state index contributed by atoms with van der Waals surface area (Å²) in [6.07, 6.45) is 1.13. The molecule has 1 aliphatic heterocycles. The molecule has 0 radical (unpaired) electrons. The zero-order valence-electron chi connectivity index (χ0n) is 13.2. The number of ether oxygens (including phenoxy) is 1. The summed E-state index contributed by atoms with van der Waals surface area (Å²) in [5.41, 5.74) is 7.75. The summed E-state index contributed by atoms with van der Waals surface area (Å²) in [6, 6.07) is 13.6. The maximum Gasteiger partial charge on any atom is 0.0866 e. The topological polar surface area (TPSA) is 21.3 Å². The van der Waals surface area contributed by atoms with Gasteiger partial charge in [-0.3, -0.25) is 0 Å². The minimum atomic E-state index is 0.160. The highest BCUT2D eigenvalue weighted by Crippen LogP contribution is 2.42. The number of rotatable bonds is 2. The quantitative estimate of drug-likeness (QED) is 0.849. The Morgan fingerprint density at radius 3 is 2.38 bits per heavy atom. The smallest absolute Gasteiger partial charge is 0.0866 e. The molecule has 0 amide bonds. The van der Waals surface area contributed by atoms with Crippen LogP contribution in [0.1, 0.15) is 46.4 Å². The Morgan fingerprint density at radius 1 is 1.00 bits per heavy atom. The molecule has 0 saturated carbocycles. The van der Waals surface area contributed by atoms with E-state index in [1.807, 2.05) is 7.11 Å². The van der Waals surface area contributed by atoms with E-state index in [1.54, 1.807) is 0 Å². The summed E-state index contributed by atoms with van der Waals surface area (Å²) in [5, 5.41) is 3.70. The predicted molar refractivity (Wildman–Crippen MR) is 87.8 cm³/mol. The second-order valence-corrected chi connectivity index (χ2v) is 6.11. The van der Waals surface area contributed by atoms with E-state index >= 15 is 0 Å². The van der Waals surface area contributed by atoms with Gasteiger partial charge in [0.25, 0.3) is 0 Å². The first kappa shape index (κ1) is 14.2. The molecule has 2 aromatic rings. The highest BCUT2D eigenvalue weighted by atomic mass is 16.5. The van der Waals surface area contributed by atoms with Crippen molar-refractivity contribution in [2.45, 2.75) is 39.3 Å². The molecule has 110 valence electrons. The van der Waals surface area contributed by atoms with Gasteiger partial charge in [-0.1, -0.05) is 35.9 Å². The highest BCUT2D eigenvalue weighted by molar-refractivity contribution is 5.60. The number of benzene rings is 2. The molecular formula is C19H23NO. The van der Waals surface area contributed by atoms with Gasteiger partial charge < -0.3 is 10.1 Å². The summed E-state index contributed by atoms with van der Waals surface area (Å²) >= 11 is 0. The van der Waals surface area contributed by atoms with E-state index < -0.39 is 0 Å². The molecule has 0 aliphatic carbocycles. The van der Waals surface area contributed by atoms with Crippen molar-refractivity contribution in [1.82, 2.24) is 0 Å². The third kappa shape index (κ3) is 2.68. The van der Waals surface area contributed by atoms with E-state index in [4.69, 9.17) is 4.74 Å². The van der Waals surface area contributed by atoms with E-state index in [9.17, 15) is 0 Å². The minimum Gasteiger partial charge on any atom is -0.378 e. The van der Waals surface area contributed by atoms with Crippen LogP contribution < -0.4 is 5.32 Å². The van der Waals surface area contributed by atoms with Crippen molar-refractivity contribution in [2.24, 2.45) is 0 Å². The van der Waals surface area contributed by atoms with Gasteiger partial charge in [-0.15, -0.1) is 0 Å². The van der Waals surface area contributed by atoms with Gasteiger partial charge >= 0.3 is 0 Å². The number of hydrogen-bond acceptors (Lipinski definition) is 2. The highest BCUT2D eigenvalue weighted by Gasteiger charge is 2.28. The SMILES string of the molecule is CO[C@@H]1C[C@@H](c2ccc(C)cc2)Nc2cc(C)cc(C)c21. The first-order chi connectivity index (χ1) is 10.1. The Bertz CT molecular complexity index is 645. The first-order valence-corrected chi connectivity index (χ1v) is 7.55. The Labute approximate surface area is 127 Å². The molecule has 3 rings (SSSR count). The summed E-state index contributed by atoms with van der Waals surface area (Å²) in [7, 11) is 1.81. The van der Waals surface area contributed by atoms with Gasteiger partial charge in [-0.25, -0.2) is 0 Å². The molecule has 2 atom stereocenters. The van der Waals surface area contributed by atoms with Crippen LogP contribution in [0.5, 0.6) is 0 Å². The zero-order chi connectivity index (χ0) is 15.0. The van der Waals surface area contributed by atoms with Gasteiger partial charge in [0.15, 0.2) is 0 Å². The normalized spacial score (nSPS) is 20.8. The van der Waals surface area contributed by atoms with Crippen LogP contribution >= 0.6 is 0 Å². The molecular weight excluding hydrogens is 258 g/mol. The second-order valence-electron chi connectivity index (χ2n) is 6.11. The largest absolute Gasteiger partial charge is 0.378 e. The molecule has 0 fully saturated rings. The van der Waals surface area contributed by atoms with Gasteiger partial charge in [-0.2, -0.15) is 0 Å². The zero-order valence-corrected chi connectivity index (χ0v) is 13.2. The standard InChI is InChI=1S/C19H23NO/c1-12-5-7-15(8-6-12)16-11-18(21-4)19-14(3)9-13(2)10-17(19)20-16/h5-10,16,18,20H,11H2,1-4H3/t16-,18+/m0/s1. The lowest BCUT2D eigenvalue weighted by atomic mass is 9.87. The summed E-state index contributed by atoms with van der Waals surface area (Å²) in [6.45, 7) is 6.44. The average molecular weight is 281 g/mol. The van der Waals surface area contributed by atoms with Crippen molar-refractivity contribution in [2.75, 3.05) is 12.4 Å². The van der Waals surface area contributed by atoms with E-state index in [1.165, 1.54) is 33.5 Å². The van der Waals surface area contributed by atoms with Crippen LogP contribution in [0.3, 0.4) is 0 Å². The Hall–Kier alpha value is -1.80. The van der Waals surface area contributed by atoms with Gasteiger partial charge in [0, 0.05) is 24.8 Å². The predicted octanol–water partition coefficient (Wildman–Crippen LogP) is 4.86. The maximum atomic E-state index is 5.77. The van der Waals surface area contributed by atoms with Crippen molar-refractivity contribution in [3.63, 3.8) is 0 Å². The molecule has 0 aromatic heterocycles. The van der Waals surface area contributed by atoms with Gasteiger partial charge in [-0.05, 0) is 43.5 Å². The third-order valence-corrected chi connectivity index (χ3v) is 4.40. The number of aryl methyl sites for hydroxylation is 3. The fourth-order valence-corrected chi connectivity index (χ4v) is 3.34. The monoisotopic (exact) mass is 281 g/mol. The number of hydrogen-bond donors (Lipinski definition) is 1. The molecule has 2 nitrogen and oxygen atoms in total. The van der Waals surface area contributed by atoms with Crippen molar-refractivity contribution in [3.05, 3.63) is 64.2 Å². The van der Waals surface area contributed by atoms with Crippen molar-refractivity contribution >= 4 is 5.69 Å². The molecule has 1 N–H and O–H groups in total. The van der Waals surface area contributed by atoms with Crippen LogP contribution in [-0.2, 0) is 4.74 Å². The van der Waals surface area contributed by atoms with Crippen LogP contribution in [0, 0.1) is 20.8 Å². The first-order valence-electron chi connectivity index (χ1n) is 7.55. The van der Waals surface area contributed by atoms with E-state index in [0.717, 1.165) is 6.42 Å². The Balaban J connectivity index is 2.00. The lowest BCUT2D eigenvalue weighted by Gasteiger charge is -2.34. The number of methoxy groups -OCH3 is 1. The van der Waals surface area contributed by atoms with Gasteiger partial charge in [0.05, 0.1) is 12.1 Å². The fourth-order valence-electron chi connectivity index (χ4n) is 3.34. The minimum absolute atomic E-state index is 0.160. The summed E-state index contributed by atoms with van der Waals surface area (Å²) in [4.78, 5) is 0. The van der Waals surface area contributed by atoms with Crippen LogP contribution in [-0.4, -0.2) is 7.11 Å². The molecule has 0 saturated heterocycles. The molecule has 2 heteroatoms. The van der Waals surface area contributed by atoms with Crippen LogP contribution in [0.4, 0.5) is 5.69 Å². The van der Waals surface area contributed by atoms with Crippen molar-refractivity contribution in [3.8, 4) is 0 Å². The lowest BCUT2D eigenvalue weighted by molar-refractivity contribution is 0.0873. The lowest BCUT2D eigenvalue weighted by Crippen LogP contribution is -2.23. The van der Waals surface area contributed by atoms with E-state index in [-0.39, 0.29) is 6.10 Å². The van der Waals surface area contributed by atoms with Crippen LogP contribution in [0.2, 0.25) is 0 Å². The summed E-state index contributed by atoms with van der Waals surface area (Å²) in [5.74, 6) is 0.